The zero-order valence-corrected chi connectivity index (χ0v) is 13.4. The van der Waals surface area contributed by atoms with Crippen LogP contribution in [0.15, 0.2) is 42.6 Å². The van der Waals surface area contributed by atoms with Crippen molar-refractivity contribution in [1.82, 2.24) is 10.3 Å². The number of ether oxygens (including phenoxy) is 1. The SMILES string of the molecule is CCC(C)Oc1ccc(NC(=O)NCc2cccnc2N)cc1. The molecule has 0 saturated carbocycles. The number of pyridine rings is 1. The maximum Gasteiger partial charge on any atom is 0.319 e. The molecule has 6 nitrogen and oxygen atoms in total. The van der Waals surface area contributed by atoms with Gasteiger partial charge < -0.3 is 21.1 Å². The summed E-state index contributed by atoms with van der Waals surface area (Å²) in [4.78, 5) is 15.9. The molecule has 1 unspecified atom stereocenters. The summed E-state index contributed by atoms with van der Waals surface area (Å²) in [5, 5.41) is 5.50. The van der Waals surface area contributed by atoms with Crippen molar-refractivity contribution in [1.29, 1.82) is 0 Å². The van der Waals surface area contributed by atoms with Crippen molar-refractivity contribution >= 4 is 17.5 Å². The molecule has 0 aliphatic rings. The molecule has 1 aromatic heterocycles. The van der Waals surface area contributed by atoms with Crippen molar-refractivity contribution in [3.8, 4) is 5.75 Å². The van der Waals surface area contributed by atoms with Crippen LogP contribution in [0.25, 0.3) is 0 Å². The van der Waals surface area contributed by atoms with Crippen LogP contribution in [0.4, 0.5) is 16.3 Å². The molecule has 2 rings (SSSR count). The van der Waals surface area contributed by atoms with Crippen LogP contribution in [0.3, 0.4) is 0 Å². The number of nitrogen functional groups attached to an aromatic ring is 1. The third-order valence-corrected chi connectivity index (χ3v) is 3.39. The van der Waals surface area contributed by atoms with Crippen LogP contribution in [-0.4, -0.2) is 17.1 Å². The highest BCUT2D eigenvalue weighted by Crippen LogP contribution is 2.17. The number of carbonyl (C=O) groups excluding carboxylic acids is 1. The van der Waals surface area contributed by atoms with E-state index in [4.69, 9.17) is 10.5 Å². The van der Waals surface area contributed by atoms with Gasteiger partial charge in [0.1, 0.15) is 11.6 Å². The van der Waals surface area contributed by atoms with Crippen molar-refractivity contribution in [2.75, 3.05) is 11.1 Å². The molecule has 23 heavy (non-hydrogen) atoms. The summed E-state index contributed by atoms with van der Waals surface area (Å²) < 4.78 is 5.69. The predicted molar refractivity (Wildman–Crippen MR) is 91.3 cm³/mol. The number of nitrogens with one attached hydrogen (secondary N) is 2. The molecule has 122 valence electrons. The molecule has 0 saturated heterocycles. The number of amides is 2. The van der Waals surface area contributed by atoms with Gasteiger partial charge in [-0.3, -0.25) is 0 Å². The average molecular weight is 314 g/mol. The third kappa shape index (κ3) is 5.18. The Balaban J connectivity index is 1.84. The minimum absolute atomic E-state index is 0.169. The first-order valence-electron chi connectivity index (χ1n) is 7.59. The summed E-state index contributed by atoms with van der Waals surface area (Å²) in [6.07, 6.45) is 2.73. The van der Waals surface area contributed by atoms with E-state index in [1.807, 2.05) is 25.1 Å². The number of benzene rings is 1. The Hall–Kier alpha value is -2.76. The lowest BCUT2D eigenvalue weighted by Gasteiger charge is -2.13. The third-order valence-electron chi connectivity index (χ3n) is 3.39. The summed E-state index contributed by atoms with van der Waals surface area (Å²) in [5.74, 6) is 1.20. The minimum Gasteiger partial charge on any atom is -0.491 e. The molecule has 0 bridgehead atoms. The van der Waals surface area contributed by atoms with Gasteiger partial charge in [-0.2, -0.15) is 0 Å². The molecule has 2 amide bonds. The second-order valence-electron chi connectivity index (χ2n) is 5.22. The van der Waals surface area contributed by atoms with Gasteiger partial charge in [0.2, 0.25) is 0 Å². The molecule has 0 radical (unpaired) electrons. The summed E-state index contributed by atoms with van der Waals surface area (Å²) >= 11 is 0. The second kappa shape index (κ2) is 8.03. The maximum atomic E-state index is 11.9. The monoisotopic (exact) mass is 314 g/mol. The van der Waals surface area contributed by atoms with Crippen molar-refractivity contribution in [3.05, 3.63) is 48.2 Å². The Morgan fingerprint density at radius 2 is 2.04 bits per heavy atom. The topological polar surface area (TPSA) is 89.3 Å². The molecular weight excluding hydrogens is 292 g/mol. The highest BCUT2D eigenvalue weighted by Gasteiger charge is 2.05. The molecule has 1 heterocycles. The molecule has 4 N–H and O–H groups in total. The van der Waals surface area contributed by atoms with Gasteiger partial charge in [-0.15, -0.1) is 0 Å². The van der Waals surface area contributed by atoms with Gasteiger partial charge in [0, 0.05) is 24.0 Å². The molecule has 1 aromatic carbocycles. The fraction of sp³-hybridized carbons (Fsp3) is 0.294. The number of anilines is 2. The first kappa shape index (κ1) is 16.6. The summed E-state index contributed by atoms with van der Waals surface area (Å²) in [6.45, 7) is 4.41. The van der Waals surface area contributed by atoms with Crippen molar-refractivity contribution in [3.63, 3.8) is 0 Å². The molecular formula is C17H22N4O2. The van der Waals surface area contributed by atoms with E-state index in [1.165, 1.54) is 0 Å². The number of carbonyl (C=O) groups is 1. The Kier molecular flexibility index (Phi) is 5.80. The Bertz CT molecular complexity index is 643. The Labute approximate surface area is 136 Å². The van der Waals surface area contributed by atoms with Gasteiger partial charge in [0.05, 0.1) is 6.10 Å². The average Bonchev–Trinajstić information content (AvgIpc) is 2.56. The van der Waals surface area contributed by atoms with Crippen LogP contribution < -0.4 is 21.1 Å². The van der Waals surface area contributed by atoms with E-state index in [0.29, 0.717) is 18.1 Å². The number of aromatic nitrogens is 1. The molecule has 1 atom stereocenters. The number of rotatable bonds is 6. The number of nitrogens with zero attached hydrogens (tertiary/aromatic N) is 1. The first-order valence-corrected chi connectivity index (χ1v) is 7.59. The van der Waals surface area contributed by atoms with Crippen LogP contribution in [0, 0.1) is 0 Å². The van der Waals surface area contributed by atoms with Gasteiger partial charge in [-0.25, -0.2) is 9.78 Å². The van der Waals surface area contributed by atoms with Crippen molar-refractivity contribution in [2.24, 2.45) is 0 Å². The van der Waals surface area contributed by atoms with E-state index in [1.54, 1.807) is 24.4 Å². The largest absolute Gasteiger partial charge is 0.491 e. The van der Waals surface area contributed by atoms with E-state index in [-0.39, 0.29) is 12.1 Å². The van der Waals surface area contributed by atoms with E-state index in [2.05, 4.69) is 22.5 Å². The fourth-order valence-electron chi connectivity index (χ4n) is 1.88. The lowest BCUT2D eigenvalue weighted by molar-refractivity contribution is 0.217. The smallest absolute Gasteiger partial charge is 0.319 e. The van der Waals surface area contributed by atoms with Gasteiger partial charge in [0.15, 0.2) is 0 Å². The Morgan fingerprint density at radius 1 is 1.30 bits per heavy atom. The molecule has 0 aliphatic heterocycles. The quantitative estimate of drug-likeness (QED) is 0.764. The van der Waals surface area contributed by atoms with E-state index < -0.39 is 0 Å². The number of nitrogens with two attached hydrogens (primary N) is 1. The van der Waals surface area contributed by atoms with Gasteiger partial charge >= 0.3 is 6.03 Å². The van der Waals surface area contributed by atoms with E-state index >= 15 is 0 Å². The van der Waals surface area contributed by atoms with Crippen LogP contribution >= 0.6 is 0 Å². The highest BCUT2D eigenvalue weighted by molar-refractivity contribution is 5.89. The molecule has 6 heteroatoms. The predicted octanol–water partition coefficient (Wildman–Crippen LogP) is 3.16. The van der Waals surface area contributed by atoms with E-state index in [9.17, 15) is 4.79 Å². The summed E-state index contributed by atoms with van der Waals surface area (Å²) in [7, 11) is 0. The highest BCUT2D eigenvalue weighted by atomic mass is 16.5. The zero-order chi connectivity index (χ0) is 16.7. The number of urea groups is 1. The number of hydrogen-bond acceptors (Lipinski definition) is 4. The molecule has 0 fully saturated rings. The van der Waals surface area contributed by atoms with Crippen LogP contribution in [0.1, 0.15) is 25.8 Å². The van der Waals surface area contributed by atoms with Gasteiger partial charge in [0.25, 0.3) is 0 Å². The first-order chi connectivity index (χ1) is 11.1. The van der Waals surface area contributed by atoms with Crippen LogP contribution in [0.5, 0.6) is 5.75 Å². The van der Waals surface area contributed by atoms with Crippen molar-refractivity contribution in [2.45, 2.75) is 32.9 Å². The van der Waals surface area contributed by atoms with Gasteiger partial charge in [-0.05, 0) is 43.7 Å². The fourth-order valence-corrected chi connectivity index (χ4v) is 1.88. The van der Waals surface area contributed by atoms with Crippen LogP contribution in [-0.2, 0) is 6.54 Å². The summed E-state index contributed by atoms with van der Waals surface area (Å²) in [5.41, 5.74) is 7.20. The molecule has 0 spiro atoms. The number of hydrogen-bond donors (Lipinski definition) is 3. The second-order valence-corrected chi connectivity index (χ2v) is 5.22. The lowest BCUT2D eigenvalue weighted by atomic mass is 10.2. The van der Waals surface area contributed by atoms with E-state index in [0.717, 1.165) is 17.7 Å². The standard InChI is InChI=1S/C17H22N4O2/c1-3-12(2)23-15-8-6-14(7-9-15)21-17(22)20-11-13-5-4-10-19-16(13)18/h4-10,12H,3,11H2,1-2H3,(H2,18,19)(H2,20,21,22). The van der Waals surface area contributed by atoms with Gasteiger partial charge in [-0.1, -0.05) is 13.0 Å². The lowest BCUT2D eigenvalue weighted by Crippen LogP contribution is -2.28. The summed E-state index contributed by atoms with van der Waals surface area (Å²) in [6, 6.07) is 10.6. The Morgan fingerprint density at radius 3 is 2.70 bits per heavy atom. The molecule has 2 aromatic rings. The zero-order valence-electron chi connectivity index (χ0n) is 13.4. The minimum atomic E-state index is -0.302. The normalized spacial score (nSPS) is 11.6. The van der Waals surface area contributed by atoms with Crippen LogP contribution in [0.2, 0.25) is 0 Å². The molecule has 0 aliphatic carbocycles. The van der Waals surface area contributed by atoms with Crippen molar-refractivity contribution < 1.29 is 9.53 Å². The maximum absolute atomic E-state index is 11.9.